The van der Waals surface area contributed by atoms with E-state index in [1.165, 1.54) is 0 Å². The van der Waals surface area contributed by atoms with Gasteiger partial charge in [0.15, 0.2) is 17.3 Å². The van der Waals surface area contributed by atoms with Gasteiger partial charge in [0.25, 0.3) is 6.43 Å². The van der Waals surface area contributed by atoms with Crippen molar-refractivity contribution in [2.24, 2.45) is 0 Å². The Morgan fingerprint density at radius 3 is 2.50 bits per heavy atom. The molecule has 0 radical (unpaired) electrons. The van der Waals surface area contributed by atoms with Crippen LogP contribution in [-0.4, -0.2) is 12.4 Å². The Hall–Kier alpha value is -1.52. The first-order valence-electron chi connectivity index (χ1n) is 4.73. The van der Waals surface area contributed by atoms with E-state index in [1.807, 2.05) is 0 Å². The van der Waals surface area contributed by atoms with Crippen LogP contribution in [-0.2, 0) is 0 Å². The third-order valence-corrected chi connectivity index (χ3v) is 2.03. The van der Waals surface area contributed by atoms with Gasteiger partial charge in [-0.25, -0.2) is 13.2 Å². The summed E-state index contributed by atoms with van der Waals surface area (Å²) < 4.78 is 43.5. The van der Waals surface area contributed by atoms with E-state index in [9.17, 15) is 18.0 Å². The van der Waals surface area contributed by atoms with E-state index in [0.717, 1.165) is 19.1 Å². The number of Topliss-reactive ketones (excluding diaryl/α,β-unsaturated/α-hetero) is 1. The summed E-state index contributed by atoms with van der Waals surface area (Å²) >= 11 is 0. The molecule has 0 amide bonds. The second-order valence-corrected chi connectivity index (χ2v) is 3.14. The van der Waals surface area contributed by atoms with Crippen molar-refractivity contribution in [1.82, 2.24) is 0 Å². The van der Waals surface area contributed by atoms with E-state index in [0.29, 0.717) is 0 Å². The molecule has 0 atom stereocenters. The molecule has 1 aromatic rings. The number of benzene rings is 1. The Bertz CT molecular complexity index is 402. The zero-order valence-corrected chi connectivity index (χ0v) is 8.89. The summed E-state index contributed by atoms with van der Waals surface area (Å²) in [6.07, 6.45) is -2.84. The van der Waals surface area contributed by atoms with E-state index in [1.54, 1.807) is 6.92 Å². The SMILES string of the molecule is CCOc1c(C(F)F)ccc(C(C)=O)c1F. The van der Waals surface area contributed by atoms with Crippen LogP contribution >= 0.6 is 0 Å². The monoisotopic (exact) mass is 232 g/mol. The highest BCUT2D eigenvalue weighted by atomic mass is 19.3. The molecule has 88 valence electrons. The number of carbonyl (C=O) groups is 1. The lowest BCUT2D eigenvalue weighted by atomic mass is 10.1. The number of hydrogen-bond acceptors (Lipinski definition) is 2. The molecule has 0 unspecified atom stereocenters. The molecule has 0 fully saturated rings. The normalized spacial score (nSPS) is 10.6. The molecular formula is C11H11F3O2. The minimum absolute atomic E-state index is 0.0536. The molecule has 0 aliphatic carbocycles. The van der Waals surface area contributed by atoms with E-state index in [-0.39, 0.29) is 12.2 Å². The molecule has 2 nitrogen and oxygen atoms in total. The highest BCUT2D eigenvalue weighted by molar-refractivity contribution is 5.94. The molecule has 0 aromatic heterocycles. The molecule has 1 rings (SSSR count). The van der Waals surface area contributed by atoms with Crippen LogP contribution in [0.3, 0.4) is 0 Å². The topological polar surface area (TPSA) is 26.3 Å². The summed E-state index contributed by atoms with van der Waals surface area (Å²) in [7, 11) is 0. The van der Waals surface area contributed by atoms with Gasteiger partial charge in [-0.1, -0.05) is 0 Å². The standard InChI is InChI=1S/C11H11F3O2/c1-3-16-10-8(11(13)14)5-4-7(6(2)15)9(10)12/h4-5,11H,3H2,1-2H3. The third-order valence-electron chi connectivity index (χ3n) is 2.03. The van der Waals surface area contributed by atoms with Crippen LogP contribution in [0.4, 0.5) is 13.2 Å². The lowest BCUT2D eigenvalue weighted by Gasteiger charge is -2.12. The van der Waals surface area contributed by atoms with Gasteiger partial charge in [0, 0.05) is 0 Å². The second kappa shape index (κ2) is 5.01. The molecule has 0 N–H and O–H groups in total. The molecule has 0 spiro atoms. The van der Waals surface area contributed by atoms with Gasteiger partial charge in [0.05, 0.1) is 17.7 Å². The number of alkyl halides is 2. The van der Waals surface area contributed by atoms with Crippen molar-refractivity contribution in [2.75, 3.05) is 6.61 Å². The van der Waals surface area contributed by atoms with Crippen molar-refractivity contribution in [3.05, 3.63) is 29.1 Å². The lowest BCUT2D eigenvalue weighted by molar-refractivity contribution is 0.101. The Balaban J connectivity index is 3.35. The second-order valence-electron chi connectivity index (χ2n) is 3.14. The Morgan fingerprint density at radius 2 is 2.06 bits per heavy atom. The third kappa shape index (κ3) is 2.35. The highest BCUT2D eigenvalue weighted by Crippen LogP contribution is 2.33. The molecule has 0 aliphatic heterocycles. The Kier molecular flexibility index (Phi) is 3.93. The first kappa shape index (κ1) is 12.5. The summed E-state index contributed by atoms with van der Waals surface area (Å²) in [5.41, 5.74) is -0.780. The summed E-state index contributed by atoms with van der Waals surface area (Å²) in [6.45, 7) is 2.77. The molecule has 0 saturated heterocycles. The Labute approximate surface area is 91.0 Å². The van der Waals surface area contributed by atoms with Gasteiger partial charge in [-0.3, -0.25) is 4.79 Å². The van der Waals surface area contributed by atoms with Crippen LogP contribution < -0.4 is 4.74 Å². The summed E-state index contributed by atoms with van der Waals surface area (Å²) in [6, 6.07) is 2.05. The first-order chi connectivity index (χ1) is 7.49. The molecule has 16 heavy (non-hydrogen) atoms. The average molecular weight is 232 g/mol. The number of rotatable bonds is 4. The summed E-state index contributed by atoms with van der Waals surface area (Å²) in [4.78, 5) is 11.0. The Morgan fingerprint density at radius 1 is 1.44 bits per heavy atom. The molecule has 5 heteroatoms. The predicted molar refractivity (Wildman–Crippen MR) is 52.5 cm³/mol. The minimum Gasteiger partial charge on any atom is -0.490 e. The van der Waals surface area contributed by atoms with Crippen LogP contribution in [0.2, 0.25) is 0 Å². The molecule has 1 aromatic carbocycles. The van der Waals surface area contributed by atoms with Crippen molar-refractivity contribution in [2.45, 2.75) is 20.3 Å². The van der Waals surface area contributed by atoms with Crippen molar-refractivity contribution in [1.29, 1.82) is 0 Å². The highest BCUT2D eigenvalue weighted by Gasteiger charge is 2.22. The molecular weight excluding hydrogens is 221 g/mol. The zero-order valence-electron chi connectivity index (χ0n) is 8.89. The van der Waals surface area contributed by atoms with Crippen LogP contribution in [0.5, 0.6) is 5.75 Å². The van der Waals surface area contributed by atoms with Crippen LogP contribution in [0.25, 0.3) is 0 Å². The predicted octanol–water partition coefficient (Wildman–Crippen LogP) is 3.36. The maximum Gasteiger partial charge on any atom is 0.267 e. The van der Waals surface area contributed by atoms with E-state index < -0.39 is 29.3 Å². The fourth-order valence-electron chi connectivity index (χ4n) is 1.31. The van der Waals surface area contributed by atoms with Gasteiger partial charge >= 0.3 is 0 Å². The number of ketones is 1. The van der Waals surface area contributed by atoms with Crippen molar-refractivity contribution in [3.63, 3.8) is 0 Å². The van der Waals surface area contributed by atoms with Crippen molar-refractivity contribution >= 4 is 5.78 Å². The van der Waals surface area contributed by atoms with Crippen molar-refractivity contribution < 1.29 is 22.7 Å². The van der Waals surface area contributed by atoms with Crippen molar-refractivity contribution in [3.8, 4) is 5.75 Å². The summed E-state index contributed by atoms with van der Waals surface area (Å²) in [5.74, 6) is -2.09. The number of hydrogen-bond donors (Lipinski definition) is 0. The van der Waals surface area contributed by atoms with E-state index in [2.05, 4.69) is 0 Å². The van der Waals surface area contributed by atoms with Gasteiger partial charge in [-0.2, -0.15) is 0 Å². The van der Waals surface area contributed by atoms with Gasteiger partial charge in [-0.15, -0.1) is 0 Å². The number of carbonyl (C=O) groups excluding carboxylic acids is 1. The zero-order chi connectivity index (χ0) is 12.3. The summed E-state index contributed by atoms with van der Waals surface area (Å²) in [5, 5.41) is 0. The van der Waals surface area contributed by atoms with Crippen LogP contribution in [0.1, 0.15) is 36.2 Å². The van der Waals surface area contributed by atoms with Gasteiger partial charge in [-0.05, 0) is 26.0 Å². The lowest BCUT2D eigenvalue weighted by Crippen LogP contribution is -2.05. The van der Waals surface area contributed by atoms with Crippen LogP contribution in [0.15, 0.2) is 12.1 Å². The quantitative estimate of drug-likeness (QED) is 0.744. The molecule has 0 bridgehead atoms. The molecule has 0 aliphatic rings. The van der Waals surface area contributed by atoms with Gasteiger partial charge < -0.3 is 4.74 Å². The maximum atomic E-state index is 13.7. The fourth-order valence-corrected chi connectivity index (χ4v) is 1.31. The molecule has 0 saturated carbocycles. The first-order valence-corrected chi connectivity index (χ1v) is 4.73. The fraction of sp³-hybridized carbons (Fsp3) is 0.364. The average Bonchev–Trinajstić information content (AvgIpc) is 2.20. The number of ether oxygens (including phenoxy) is 1. The van der Waals surface area contributed by atoms with Gasteiger partial charge in [0.1, 0.15) is 0 Å². The maximum absolute atomic E-state index is 13.7. The molecule has 0 heterocycles. The largest absolute Gasteiger partial charge is 0.490 e. The number of halogens is 3. The van der Waals surface area contributed by atoms with Crippen LogP contribution in [0, 0.1) is 5.82 Å². The minimum atomic E-state index is -2.84. The van der Waals surface area contributed by atoms with E-state index >= 15 is 0 Å². The van der Waals surface area contributed by atoms with Gasteiger partial charge in [0.2, 0.25) is 0 Å². The van der Waals surface area contributed by atoms with E-state index in [4.69, 9.17) is 4.74 Å². The smallest absolute Gasteiger partial charge is 0.267 e.